The average Bonchev–Trinajstić information content (AvgIpc) is 3.11. The standard InChI is InChI=1S/C19H20N4O2S/c1-13-5-6-16(25-3)14(9-13)11-23(2)17(24)10-15-12-26-19(22-15)18-20-7-4-8-21-18/h4-9,12H,10-11H2,1-3H3. The van der Waals surface area contributed by atoms with Gasteiger partial charge in [0.1, 0.15) is 5.75 Å². The van der Waals surface area contributed by atoms with Crippen molar-refractivity contribution in [2.75, 3.05) is 14.2 Å². The highest BCUT2D eigenvalue weighted by Crippen LogP contribution is 2.22. The molecule has 0 spiro atoms. The number of hydrogen-bond donors (Lipinski definition) is 0. The molecule has 0 atom stereocenters. The van der Waals surface area contributed by atoms with Gasteiger partial charge in [-0.1, -0.05) is 17.7 Å². The summed E-state index contributed by atoms with van der Waals surface area (Å²) in [4.78, 5) is 27.1. The molecule has 0 saturated carbocycles. The van der Waals surface area contributed by atoms with Crippen molar-refractivity contribution in [1.29, 1.82) is 0 Å². The van der Waals surface area contributed by atoms with Crippen LogP contribution >= 0.6 is 11.3 Å². The van der Waals surface area contributed by atoms with E-state index in [4.69, 9.17) is 4.74 Å². The molecule has 3 aromatic rings. The molecule has 0 N–H and O–H groups in total. The molecule has 1 aromatic carbocycles. The fourth-order valence-electron chi connectivity index (χ4n) is 2.56. The van der Waals surface area contributed by atoms with E-state index in [1.54, 1.807) is 37.5 Å². The van der Waals surface area contributed by atoms with E-state index in [0.717, 1.165) is 27.6 Å². The summed E-state index contributed by atoms with van der Waals surface area (Å²) in [5.74, 6) is 1.36. The SMILES string of the molecule is COc1ccc(C)cc1CN(C)C(=O)Cc1csc(-c2ncccn2)n1. The van der Waals surface area contributed by atoms with Crippen LogP contribution in [0.4, 0.5) is 0 Å². The lowest BCUT2D eigenvalue weighted by molar-refractivity contribution is -0.129. The highest BCUT2D eigenvalue weighted by molar-refractivity contribution is 7.13. The maximum Gasteiger partial charge on any atom is 0.228 e. The molecule has 2 heterocycles. The summed E-state index contributed by atoms with van der Waals surface area (Å²) in [6.45, 7) is 2.51. The van der Waals surface area contributed by atoms with Gasteiger partial charge in [0.05, 0.1) is 19.2 Å². The Morgan fingerprint density at radius 1 is 1.27 bits per heavy atom. The number of carbonyl (C=O) groups is 1. The summed E-state index contributed by atoms with van der Waals surface area (Å²) >= 11 is 1.44. The normalized spacial score (nSPS) is 10.6. The lowest BCUT2D eigenvalue weighted by atomic mass is 10.1. The van der Waals surface area contributed by atoms with Crippen LogP contribution in [0.1, 0.15) is 16.8 Å². The summed E-state index contributed by atoms with van der Waals surface area (Å²) in [6.07, 6.45) is 3.60. The van der Waals surface area contributed by atoms with Gasteiger partial charge < -0.3 is 9.64 Å². The maximum atomic E-state index is 12.6. The molecule has 0 radical (unpaired) electrons. The molecular weight excluding hydrogens is 348 g/mol. The summed E-state index contributed by atoms with van der Waals surface area (Å²) in [5, 5.41) is 2.60. The fourth-order valence-corrected chi connectivity index (χ4v) is 3.33. The number of aryl methyl sites for hydroxylation is 1. The first-order valence-electron chi connectivity index (χ1n) is 8.16. The van der Waals surface area contributed by atoms with Crippen LogP contribution < -0.4 is 4.74 Å². The van der Waals surface area contributed by atoms with E-state index in [1.165, 1.54) is 11.3 Å². The van der Waals surface area contributed by atoms with Crippen LogP contribution in [0.2, 0.25) is 0 Å². The van der Waals surface area contributed by atoms with Crippen molar-refractivity contribution in [1.82, 2.24) is 19.9 Å². The van der Waals surface area contributed by atoms with Gasteiger partial charge in [-0.3, -0.25) is 4.79 Å². The molecule has 6 nitrogen and oxygen atoms in total. The predicted molar refractivity (Wildman–Crippen MR) is 101 cm³/mol. The minimum atomic E-state index is -0.000566. The van der Waals surface area contributed by atoms with E-state index in [-0.39, 0.29) is 12.3 Å². The van der Waals surface area contributed by atoms with Gasteiger partial charge in [-0.25, -0.2) is 15.0 Å². The largest absolute Gasteiger partial charge is 0.496 e. The second-order valence-corrected chi connectivity index (χ2v) is 6.82. The van der Waals surface area contributed by atoms with Crippen molar-refractivity contribution >= 4 is 17.2 Å². The molecule has 0 aliphatic heterocycles. The molecule has 134 valence electrons. The highest BCUT2D eigenvalue weighted by atomic mass is 32.1. The van der Waals surface area contributed by atoms with Gasteiger partial charge in [-0.05, 0) is 19.1 Å². The fraction of sp³-hybridized carbons (Fsp3) is 0.263. The van der Waals surface area contributed by atoms with Crippen LogP contribution in [0.5, 0.6) is 5.75 Å². The Morgan fingerprint density at radius 3 is 2.77 bits per heavy atom. The number of likely N-dealkylation sites (N-methyl/N-ethyl adjacent to an activating group) is 1. The van der Waals surface area contributed by atoms with Gasteiger partial charge in [0, 0.05) is 36.9 Å². The topological polar surface area (TPSA) is 68.2 Å². The molecule has 0 saturated heterocycles. The third kappa shape index (κ3) is 4.23. The molecule has 0 unspecified atom stereocenters. The van der Waals surface area contributed by atoms with E-state index in [2.05, 4.69) is 15.0 Å². The zero-order chi connectivity index (χ0) is 18.5. The molecule has 7 heteroatoms. The molecular formula is C19H20N4O2S. The van der Waals surface area contributed by atoms with E-state index >= 15 is 0 Å². The van der Waals surface area contributed by atoms with Gasteiger partial charge in [0.25, 0.3) is 0 Å². The Kier molecular flexibility index (Phi) is 5.58. The van der Waals surface area contributed by atoms with Crippen molar-refractivity contribution < 1.29 is 9.53 Å². The van der Waals surface area contributed by atoms with Crippen LogP contribution in [0.25, 0.3) is 10.8 Å². The number of methoxy groups -OCH3 is 1. The molecule has 0 aliphatic rings. The van der Waals surface area contributed by atoms with Crippen molar-refractivity contribution in [3.8, 4) is 16.6 Å². The van der Waals surface area contributed by atoms with Crippen molar-refractivity contribution in [3.05, 3.63) is 58.9 Å². The number of carbonyl (C=O) groups excluding carboxylic acids is 1. The van der Waals surface area contributed by atoms with Gasteiger partial charge in [0.15, 0.2) is 10.8 Å². The lowest BCUT2D eigenvalue weighted by Gasteiger charge is -2.19. The Morgan fingerprint density at radius 2 is 2.04 bits per heavy atom. The number of rotatable bonds is 6. The van der Waals surface area contributed by atoms with E-state index < -0.39 is 0 Å². The zero-order valence-corrected chi connectivity index (χ0v) is 15.8. The van der Waals surface area contributed by atoms with Crippen LogP contribution in [0.15, 0.2) is 42.0 Å². The Labute approximate surface area is 156 Å². The smallest absolute Gasteiger partial charge is 0.228 e. The number of thiazole rings is 1. The number of nitrogens with zero attached hydrogens (tertiary/aromatic N) is 4. The number of aromatic nitrogens is 3. The Balaban J connectivity index is 1.67. The zero-order valence-electron chi connectivity index (χ0n) is 15.0. The molecule has 2 aromatic heterocycles. The lowest BCUT2D eigenvalue weighted by Crippen LogP contribution is -2.28. The van der Waals surface area contributed by atoms with Crippen molar-refractivity contribution in [3.63, 3.8) is 0 Å². The number of ether oxygens (including phenoxy) is 1. The first kappa shape index (κ1) is 18.0. The summed E-state index contributed by atoms with van der Waals surface area (Å²) in [6, 6.07) is 7.72. The van der Waals surface area contributed by atoms with Crippen molar-refractivity contribution in [2.45, 2.75) is 19.9 Å². The van der Waals surface area contributed by atoms with Gasteiger partial charge in [-0.15, -0.1) is 11.3 Å². The second-order valence-electron chi connectivity index (χ2n) is 5.96. The molecule has 26 heavy (non-hydrogen) atoms. The summed E-state index contributed by atoms with van der Waals surface area (Å²) in [7, 11) is 3.43. The molecule has 3 rings (SSSR count). The number of amides is 1. The van der Waals surface area contributed by atoms with E-state index in [9.17, 15) is 4.79 Å². The first-order valence-corrected chi connectivity index (χ1v) is 9.04. The van der Waals surface area contributed by atoms with Crippen LogP contribution in [0, 0.1) is 6.92 Å². The van der Waals surface area contributed by atoms with Gasteiger partial charge >= 0.3 is 0 Å². The first-order chi connectivity index (χ1) is 12.6. The number of hydrogen-bond acceptors (Lipinski definition) is 6. The molecule has 0 bridgehead atoms. The molecule has 0 fully saturated rings. The Bertz CT molecular complexity index is 896. The van der Waals surface area contributed by atoms with Crippen molar-refractivity contribution in [2.24, 2.45) is 0 Å². The summed E-state index contributed by atoms with van der Waals surface area (Å²) in [5.41, 5.74) is 2.85. The van der Waals surface area contributed by atoms with Gasteiger partial charge in [-0.2, -0.15) is 0 Å². The van der Waals surface area contributed by atoms with Crippen LogP contribution in [-0.2, 0) is 17.8 Å². The minimum absolute atomic E-state index is 0.000566. The van der Waals surface area contributed by atoms with E-state index in [0.29, 0.717) is 12.4 Å². The van der Waals surface area contributed by atoms with Crippen LogP contribution in [0.3, 0.4) is 0 Å². The third-order valence-corrected chi connectivity index (χ3v) is 4.80. The monoisotopic (exact) mass is 368 g/mol. The Hall–Kier alpha value is -2.80. The van der Waals surface area contributed by atoms with E-state index in [1.807, 2.05) is 30.5 Å². The number of benzene rings is 1. The minimum Gasteiger partial charge on any atom is -0.496 e. The quantitative estimate of drug-likeness (QED) is 0.669. The molecule has 1 amide bonds. The third-order valence-electron chi connectivity index (χ3n) is 3.91. The highest BCUT2D eigenvalue weighted by Gasteiger charge is 2.15. The molecule has 0 aliphatic carbocycles. The summed E-state index contributed by atoms with van der Waals surface area (Å²) < 4.78 is 5.39. The predicted octanol–water partition coefficient (Wildman–Crippen LogP) is 3.12. The average molecular weight is 368 g/mol. The second kappa shape index (κ2) is 8.05. The van der Waals surface area contributed by atoms with Gasteiger partial charge in [0.2, 0.25) is 5.91 Å². The van der Waals surface area contributed by atoms with Crippen LogP contribution in [-0.4, -0.2) is 39.9 Å². The maximum absolute atomic E-state index is 12.6.